The second kappa shape index (κ2) is 6.80. The van der Waals surface area contributed by atoms with Crippen molar-refractivity contribution in [3.8, 4) is 0 Å². The summed E-state index contributed by atoms with van der Waals surface area (Å²) in [5.41, 5.74) is 3.40. The zero-order valence-electron chi connectivity index (χ0n) is 13.2. The van der Waals surface area contributed by atoms with Gasteiger partial charge in [0.2, 0.25) is 5.91 Å². The number of hydrogen-bond donors (Lipinski definition) is 3. The molecule has 3 N–H and O–H groups in total. The molecular weight excluding hydrogens is 309 g/mol. The van der Waals surface area contributed by atoms with Crippen molar-refractivity contribution in [2.75, 3.05) is 23.8 Å². The minimum Gasteiger partial charge on any atom is -0.395 e. The fourth-order valence-corrected chi connectivity index (χ4v) is 2.72. The van der Waals surface area contributed by atoms with E-state index in [0.717, 1.165) is 11.3 Å². The van der Waals surface area contributed by atoms with E-state index in [1.807, 2.05) is 19.1 Å². The Kier molecular flexibility index (Phi) is 4.57. The third-order valence-electron chi connectivity index (χ3n) is 3.91. The molecule has 3 rings (SSSR count). The van der Waals surface area contributed by atoms with Crippen LogP contribution < -0.4 is 10.6 Å². The van der Waals surface area contributed by atoms with Gasteiger partial charge in [0, 0.05) is 29.7 Å². The summed E-state index contributed by atoms with van der Waals surface area (Å²) in [5.74, 6) is -1.42. The number of rotatable bonds is 5. The van der Waals surface area contributed by atoms with Crippen molar-refractivity contribution in [1.29, 1.82) is 0 Å². The van der Waals surface area contributed by atoms with Gasteiger partial charge >= 0.3 is 0 Å². The maximum atomic E-state index is 14.0. The first-order chi connectivity index (χ1) is 11.6. The van der Waals surface area contributed by atoms with E-state index in [1.54, 1.807) is 18.2 Å². The summed E-state index contributed by atoms with van der Waals surface area (Å²) in [5, 5.41) is 14.6. The second-order valence-electron chi connectivity index (χ2n) is 5.60. The topological polar surface area (TPSA) is 73.7 Å². The van der Waals surface area contributed by atoms with Crippen LogP contribution in [0.15, 0.2) is 41.4 Å². The van der Waals surface area contributed by atoms with Gasteiger partial charge in [0.1, 0.15) is 11.7 Å². The Morgan fingerprint density at radius 3 is 2.96 bits per heavy atom. The molecule has 1 atom stereocenters. The molecule has 0 bridgehead atoms. The summed E-state index contributed by atoms with van der Waals surface area (Å²) in [7, 11) is 0. The highest BCUT2D eigenvalue weighted by molar-refractivity contribution is 6.12. The summed E-state index contributed by atoms with van der Waals surface area (Å²) in [4.78, 5) is 16.4. The van der Waals surface area contributed by atoms with Gasteiger partial charge in [0.05, 0.1) is 12.3 Å². The van der Waals surface area contributed by atoms with E-state index in [0.29, 0.717) is 23.5 Å². The molecule has 0 spiro atoms. The first-order valence-electron chi connectivity index (χ1n) is 7.69. The Bertz CT molecular complexity index is 805. The van der Waals surface area contributed by atoms with Crippen LogP contribution >= 0.6 is 0 Å². The first kappa shape index (κ1) is 16.1. The standard InChI is InChI=1S/C18H18FN3O2/c1-11-9-12(5-6-15(11)20-7-8-23)21-10-13-17-14(19)3-2-4-16(17)22-18(13)24/h2-6,9-10,13,20,23H,7-8H2,1H3,(H,22,24). The number of aryl methyl sites for hydroxylation is 1. The number of fused-ring (bicyclic) bond motifs is 1. The lowest BCUT2D eigenvalue weighted by atomic mass is 10.0. The van der Waals surface area contributed by atoms with Gasteiger partial charge in [0.25, 0.3) is 0 Å². The average molecular weight is 327 g/mol. The third kappa shape index (κ3) is 3.14. The Morgan fingerprint density at radius 1 is 1.38 bits per heavy atom. The summed E-state index contributed by atoms with van der Waals surface area (Å²) in [6.45, 7) is 2.46. The fraction of sp³-hybridized carbons (Fsp3) is 0.222. The highest BCUT2D eigenvalue weighted by Gasteiger charge is 2.31. The number of benzene rings is 2. The zero-order valence-corrected chi connectivity index (χ0v) is 13.2. The van der Waals surface area contributed by atoms with Crippen LogP contribution in [0.4, 0.5) is 21.5 Å². The number of nitrogens with zero attached hydrogens (tertiary/aromatic N) is 1. The van der Waals surface area contributed by atoms with Crippen LogP contribution in [0, 0.1) is 12.7 Å². The predicted octanol–water partition coefficient (Wildman–Crippen LogP) is 2.98. The molecule has 1 aliphatic rings. The second-order valence-corrected chi connectivity index (χ2v) is 5.60. The number of anilines is 2. The van der Waals surface area contributed by atoms with E-state index in [2.05, 4.69) is 15.6 Å². The molecule has 0 saturated carbocycles. The van der Waals surface area contributed by atoms with Crippen molar-refractivity contribution in [2.45, 2.75) is 12.8 Å². The van der Waals surface area contributed by atoms with Gasteiger partial charge in [-0.3, -0.25) is 9.79 Å². The van der Waals surface area contributed by atoms with Crippen molar-refractivity contribution < 1.29 is 14.3 Å². The fourth-order valence-electron chi connectivity index (χ4n) is 2.72. The number of aliphatic hydroxyl groups excluding tert-OH is 1. The van der Waals surface area contributed by atoms with Crippen LogP contribution in [0.1, 0.15) is 17.0 Å². The quantitative estimate of drug-likeness (QED) is 0.739. The highest BCUT2D eigenvalue weighted by atomic mass is 19.1. The molecule has 2 aromatic carbocycles. The van der Waals surface area contributed by atoms with Crippen LogP contribution in [0.3, 0.4) is 0 Å². The van der Waals surface area contributed by atoms with Crippen LogP contribution in [0.5, 0.6) is 0 Å². The summed E-state index contributed by atoms with van der Waals surface area (Å²) >= 11 is 0. The van der Waals surface area contributed by atoms with E-state index < -0.39 is 11.7 Å². The molecular formula is C18H18FN3O2. The average Bonchev–Trinajstić information content (AvgIpc) is 2.89. The molecule has 6 heteroatoms. The number of aliphatic hydroxyl groups is 1. The van der Waals surface area contributed by atoms with Crippen molar-refractivity contribution in [2.24, 2.45) is 4.99 Å². The zero-order chi connectivity index (χ0) is 17.1. The number of nitrogens with one attached hydrogen (secondary N) is 2. The lowest BCUT2D eigenvalue weighted by Gasteiger charge is -2.09. The van der Waals surface area contributed by atoms with E-state index in [1.165, 1.54) is 12.3 Å². The van der Waals surface area contributed by atoms with Gasteiger partial charge in [-0.25, -0.2) is 4.39 Å². The largest absolute Gasteiger partial charge is 0.395 e. The number of carbonyl (C=O) groups is 1. The van der Waals surface area contributed by atoms with Crippen LogP contribution in [-0.4, -0.2) is 30.4 Å². The van der Waals surface area contributed by atoms with Gasteiger partial charge in [-0.15, -0.1) is 0 Å². The van der Waals surface area contributed by atoms with Crippen molar-refractivity contribution >= 4 is 29.2 Å². The number of carbonyl (C=O) groups excluding carboxylic acids is 1. The minimum absolute atomic E-state index is 0.0567. The van der Waals surface area contributed by atoms with Crippen molar-refractivity contribution in [3.05, 3.63) is 53.3 Å². The van der Waals surface area contributed by atoms with Gasteiger partial charge in [-0.1, -0.05) is 6.07 Å². The summed E-state index contributed by atoms with van der Waals surface area (Å²) in [6, 6.07) is 10.1. The molecule has 0 aromatic heterocycles. The lowest BCUT2D eigenvalue weighted by Crippen LogP contribution is -2.13. The Hall–Kier alpha value is -2.73. The number of amides is 1. The number of hydrogen-bond acceptors (Lipinski definition) is 4. The van der Waals surface area contributed by atoms with Crippen molar-refractivity contribution in [1.82, 2.24) is 0 Å². The molecule has 1 aliphatic heterocycles. The smallest absolute Gasteiger partial charge is 0.237 e. The maximum absolute atomic E-state index is 14.0. The molecule has 24 heavy (non-hydrogen) atoms. The maximum Gasteiger partial charge on any atom is 0.237 e. The Balaban J connectivity index is 1.82. The van der Waals surface area contributed by atoms with Gasteiger partial charge in [-0.05, 0) is 42.8 Å². The highest BCUT2D eigenvalue weighted by Crippen LogP contribution is 2.34. The molecule has 124 valence electrons. The van der Waals surface area contributed by atoms with Gasteiger partial charge < -0.3 is 15.7 Å². The molecule has 0 aliphatic carbocycles. The summed E-state index contributed by atoms with van der Waals surface area (Å²) in [6.07, 6.45) is 1.47. The van der Waals surface area contributed by atoms with Crippen LogP contribution in [-0.2, 0) is 4.79 Å². The lowest BCUT2D eigenvalue weighted by molar-refractivity contribution is -0.115. The van der Waals surface area contributed by atoms with Crippen LogP contribution in [0.25, 0.3) is 0 Å². The molecule has 2 aromatic rings. The molecule has 0 fully saturated rings. The van der Waals surface area contributed by atoms with E-state index in [-0.39, 0.29) is 12.5 Å². The van der Waals surface area contributed by atoms with E-state index >= 15 is 0 Å². The SMILES string of the molecule is Cc1cc(N=CC2C(=O)Nc3cccc(F)c32)ccc1NCCO. The Morgan fingerprint density at radius 2 is 2.21 bits per heavy atom. The molecule has 1 unspecified atom stereocenters. The molecule has 1 amide bonds. The van der Waals surface area contributed by atoms with E-state index in [9.17, 15) is 9.18 Å². The normalized spacial score (nSPS) is 16.3. The predicted molar refractivity (Wildman–Crippen MR) is 92.7 cm³/mol. The number of halogens is 1. The number of aliphatic imine (C=N–C) groups is 1. The molecule has 5 nitrogen and oxygen atoms in total. The third-order valence-corrected chi connectivity index (χ3v) is 3.91. The summed E-state index contributed by atoms with van der Waals surface area (Å²) < 4.78 is 14.0. The van der Waals surface area contributed by atoms with Crippen molar-refractivity contribution in [3.63, 3.8) is 0 Å². The van der Waals surface area contributed by atoms with E-state index in [4.69, 9.17) is 5.11 Å². The molecule has 0 saturated heterocycles. The van der Waals surface area contributed by atoms with Gasteiger partial charge in [-0.2, -0.15) is 0 Å². The molecule has 0 radical (unpaired) electrons. The Labute approximate surface area is 139 Å². The first-order valence-corrected chi connectivity index (χ1v) is 7.69. The molecule has 1 heterocycles. The van der Waals surface area contributed by atoms with Crippen LogP contribution in [0.2, 0.25) is 0 Å². The monoisotopic (exact) mass is 327 g/mol. The van der Waals surface area contributed by atoms with Gasteiger partial charge in [0.15, 0.2) is 0 Å². The minimum atomic E-state index is -0.728.